The van der Waals surface area contributed by atoms with Crippen LogP contribution in [0.3, 0.4) is 0 Å². The summed E-state index contributed by atoms with van der Waals surface area (Å²) in [6.07, 6.45) is -1.41. The van der Waals surface area contributed by atoms with Crippen LogP contribution in [-0.2, 0) is 27.3 Å². The lowest BCUT2D eigenvalue weighted by molar-refractivity contribution is -0.157. The fourth-order valence-corrected chi connectivity index (χ4v) is 4.50. The van der Waals surface area contributed by atoms with Crippen LogP contribution in [0.2, 0.25) is 0 Å². The molecule has 2 aliphatic rings. The molecule has 1 aromatic heterocycles. The Morgan fingerprint density at radius 3 is 2.23 bits per heavy atom. The van der Waals surface area contributed by atoms with Crippen LogP contribution in [0.1, 0.15) is 43.4 Å². The number of Topliss-reactive ketones (excluding diaryl/α,β-unsaturated/α-hetero) is 1. The lowest BCUT2D eigenvalue weighted by Gasteiger charge is -2.41. The van der Waals surface area contributed by atoms with Crippen molar-refractivity contribution in [3.05, 3.63) is 66.0 Å². The lowest BCUT2D eigenvalue weighted by Crippen LogP contribution is -2.67. The molecular weight excluding hydrogens is 515 g/mol. The summed E-state index contributed by atoms with van der Waals surface area (Å²) in [5, 5.41) is 9.47. The van der Waals surface area contributed by atoms with E-state index in [9.17, 15) is 32.3 Å². The number of ketones is 1. The predicted molar refractivity (Wildman–Crippen MR) is 134 cm³/mol. The van der Waals surface area contributed by atoms with Gasteiger partial charge in [-0.3, -0.25) is 19.4 Å². The maximum absolute atomic E-state index is 13.4. The predicted octanol–water partition coefficient (Wildman–Crippen LogP) is 2.56. The van der Waals surface area contributed by atoms with Gasteiger partial charge in [0, 0.05) is 12.6 Å². The number of halogens is 3. The third-order valence-corrected chi connectivity index (χ3v) is 7.01. The van der Waals surface area contributed by atoms with Crippen molar-refractivity contribution in [1.29, 1.82) is 0 Å². The molecule has 2 aliphatic carbocycles. The van der Waals surface area contributed by atoms with Crippen LogP contribution >= 0.6 is 0 Å². The van der Waals surface area contributed by atoms with E-state index in [0.717, 1.165) is 0 Å². The Labute approximate surface area is 223 Å². The molecule has 2 saturated carbocycles. The molecule has 4 N–H and O–H groups in total. The minimum absolute atomic E-state index is 0.00250. The molecule has 0 unspecified atom stereocenters. The van der Waals surface area contributed by atoms with E-state index in [4.69, 9.17) is 0 Å². The Morgan fingerprint density at radius 2 is 1.67 bits per heavy atom. The summed E-state index contributed by atoms with van der Waals surface area (Å²) in [5.74, 6) is -3.23. The molecule has 12 heteroatoms. The minimum Gasteiger partial charge on any atom is -0.344 e. The topological polar surface area (TPSA) is 129 Å². The number of hydrogen-bond acceptors (Lipinski definition) is 5. The highest BCUT2D eigenvalue weighted by Gasteiger charge is 2.51. The van der Waals surface area contributed by atoms with Crippen LogP contribution in [0, 0.1) is 5.92 Å². The highest BCUT2D eigenvalue weighted by molar-refractivity contribution is 6.38. The van der Waals surface area contributed by atoms with Crippen molar-refractivity contribution in [2.75, 3.05) is 0 Å². The van der Waals surface area contributed by atoms with E-state index in [1.807, 2.05) is 5.32 Å². The number of aromatic nitrogens is 1. The molecule has 2 fully saturated rings. The maximum atomic E-state index is 13.4. The van der Waals surface area contributed by atoms with E-state index < -0.39 is 53.3 Å². The van der Waals surface area contributed by atoms with E-state index in [-0.39, 0.29) is 25.8 Å². The average Bonchev–Trinajstić information content (AvgIpc) is 3.73. The summed E-state index contributed by atoms with van der Waals surface area (Å²) in [5.41, 5.74) is -0.266. The molecule has 0 bridgehead atoms. The molecule has 4 amide bonds. The zero-order valence-corrected chi connectivity index (χ0v) is 21.1. The van der Waals surface area contributed by atoms with Crippen LogP contribution in [0.5, 0.6) is 0 Å². The Bertz CT molecular complexity index is 1180. The molecule has 0 aliphatic heterocycles. The zero-order chi connectivity index (χ0) is 28.0. The molecule has 0 saturated heterocycles. The van der Waals surface area contributed by atoms with E-state index >= 15 is 0 Å². The first-order chi connectivity index (χ1) is 18.6. The molecule has 0 radical (unpaired) electrons. The fraction of sp³-hybridized carbons (Fsp3) is 0.444. The maximum Gasteiger partial charge on any atom is 0.408 e. The van der Waals surface area contributed by atoms with Gasteiger partial charge in [-0.05, 0) is 55.7 Å². The number of carbonyl (C=O) groups excluding carboxylic acids is 4. The van der Waals surface area contributed by atoms with E-state index in [1.54, 1.807) is 54.7 Å². The number of pyridine rings is 1. The van der Waals surface area contributed by atoms with Crippen molar-refractivity contribution in [3.8, 4) is 0 Å². The van der Waals surface area contributed by atoms with E-state index in [1.165, 1.54) is 0 Å². The molecule has 208 valence electrons. The highest BCUT2D eigenvalue weighted by Crippen LogP contribution is 2.40. The molecule has 1 aromatic carbocycles. The van der Waals surface area contributed by atoms with E-state index in [2.05, 4.69) is 20.9 Å². The summed E-state index contributed by atoms with van der Waals surface area (Å²) in [4.78, 5) is 55.8. The average molecular weight is 546 g/mol. The summed E-state index contributed by atoms with van der Waals surface area (Å²) < 4.78 is 40.1. The third-order valence-electron chi connectivity index (χ3n) is 7.01. The highest BCUT2D eigenvalue weighted by atomic mass is 19.4. The van der Waals surface area contributed by atoms with Crippen molar-refractivity contribution in [1.82, 2.24) is 26.3 Å². The number of hydrogen-bond donors (Lipinski definition) is 4. The molecule has 9 nitrogen and oxygen atoms in total. The van der Waals surface area contributed by atoms with Gasteiger partial charge < -0.3 is 21.3 Å². The molecule has 1 heterocycles. The largest absolute Gasteiger partial charge is 0.408 e. The van der Waals surface area contributed by atoms with Gasteiger partial charge >= 0.3 is 12.2 Å². The first kappa shape index (κ1) is 28.1. The number of carbonyl (C=O) groups is 4. The van der Waals surface area contributed by atoms with Crippen LogP contribution in [0.25, 0.3) is 0 Å². The van der Waals surface area contributed by atoms with Crippen molar-refractivity contribution in [2.45, 2.75) is 68.9 Å². The number of alkyl halides is 3. The van der Waals surface area contributed by atoms with Crippen molar-refractivity contribution < 1.29 is 32.3 Å². The monoisotopic (exact) mass is 545 g/mol. The normalized spacial score (nSPS) is 17.6. The van der Waals surface area contributed by atoms with Crippen LogP contribution < -0.4 is 21.3 Å². The second-order valence-electron chi connectivity index (χ2n) is 9.97. The SMILES string of the molecule is O=C(N[C@H](C1CC1)C(F)(F)F)NC1(C(=O)N[C@H](Cc2ccccc2)C(=O)C(=O)NCc2ccccn2)CCC1. The van der Waals surface area contributed by atoms with Crippen molar-refractivity contribution in [3.63, 3.8) is 0 Å². The van der Waals surface area contributed by atoms with Gasteiger partial charge in [-0.1, -0.05) is 36.4 Å². The summed E-state index contributed by atoms with van der Waals surface area (Å²) in [6, 6.07) is 9.51. The van der Waals surface area contributed by atoms with Crippen LogP contribution in [0.4, 0.5) is 18.0 Å². The molecule has 2 aromatic rings. The first-order valence-electron chi connectivity index (χ1n) is 12.8. The summed E-state index contributed by atoms with van der Waals surface area (Å²) in [6.45, 7) is 0.00441. The van der Waals surface area contributed by atoms with Gasteiger partial charge in [0.25, 0.3) is 5.91 Å². The zero-order valence-electron chi connectivity index (χ0n) is 21.1. The van der Waals surface area contributed by atoms with Crippen molar-refractivity contribution in [2.24, 2.45) is 5.92 Å². The van der Waals surface area contributed by atoms with Gasteiger partial charge in [0.2, 0.25) is 11.7 Å². The third kappa shape index (κ3) is 7.33. The minimum atomic E-state index is -4.61. The van der Waals surface area contributed by atoms with Gasteiger partial charge in [0.1, 0.15) is 17.6 Å². The van der Waals surface area contributed by atoms with Gasteiger partial charge in [0.15, 0.2) is 0 Å². The Hall–Kier alpha value is -3.96. The summed E-state index contributed by atoms with van der Waals surface area (Å²) in [7, 11) is 0. The number of rotatable bonds is 11. The molecule has 39 heavy (non-hydrogen) atoms. The Morgan fingerprint density at radius 1 is 0.974 bits per heavy atom. The van der Waals surface area contributed by atoms with Gasteiger partial charge in [-0.2, -0.15) is 13.2 Å². The fourth-order valence-electron chi connectivity index (χ4n) is 4.50. The number of amides is 4. The summed E-state index contributed by atoms with van der Waals surface area (Å²) >= 11 is 0. The second-order valence-corrected chi connectivity index (χ2v) is 9.97. The van der Waals surface area contributed by atoms with Gasteiger partial charge in [0.05, 0.1) is 12.2 Å². The molecular formula is C27H30F3N5O4. The molecule has 4 rings (SSSR count). The van der Waals surface area contributed by atoms with E-state index in [0.29, 0.717) is 30.5 Å². The molecule has 0 spiro atoms. The first-order valence-corrected chi connectivity index (χ1v) is 12.8. The second kappa shape index (κ2) is 11.8. The number of nitrogens with zero attached hydrogens (tertiary/aromatic N) is 1. The smallest absolute Gasteiger partial charge is 0.344 e. The quantitative estimate of drug-likeness (QED) is 0.323. The van der Waals surface area contributed by atoms with Gasteiger partial charge in [-0.25, -0.2) is 4.79 Å². The Kier molecular flexibility index (Phi) is 8.51. The number of benzene rings is 1. The lowest BCUT2D eigenvalue weighted by atomic mass is 9.75. The molecule has 2 atom stereocenters. The Balaban J connectivity index is 1.44. The van der Waals surface area contributed by atoms with Crippen molar-refractivity contribution >= 4 is 23.6 Å². The standard InChI is InChI=1S/C27H30F3N5O4/c28-27(29,30)22(18-10-11-18)34-25(39)35-26(12-6-13-26)24(38)33-20(15-17-7-2-1-3-8-17)21(36)23(37)32-16-19-9-4-5-14-31-19/h1-5,7-9,14,18,20,22H,6,10-13,15-16H2,(H,32,37)(H,33,38)(H2,34,35,39)/t20-,22-/m1/s1. The van der Waals surface area contributed by atoms with Crippen LogP contribution in [-0.4, -0.2) is 52.4 Å². The van der Waals surface area contributed by atoms with Crippen LogP contribution in [0.15, 0.2) is 54.7 Å². The van der Waals surface area contributed by atoms with Gasteiger partial charge in [-0.15, -0.1) is 0 Å². The number of nitrogens with one attached hydrogen (secondary N) is 4. The number of urea groups is 1.